The Morgan fingerprint density at radius 2 is 1.19 bits per heavy atom. The van der Waals surface area contributed by atoms with Crippen molar-refractivity contribution in [3.63, 3.8) is 0 Å². The second-order valence-electron chi connectivity index (χ2n) is 10.4. The maximum atomic E-state index is 11.5. The van der Waals surface area contributed by atoms with Crippen molar-refractivity contribution in [1.82, 2.24) is 4.98 Å². The molecule has 2 heterocycles. The van der Waals surface area contributed by atoms with Crippen LogP contribution in [0.5, 0.6) is 11.5 Å². The standard InChI is InChI=1S/C38H31N3O6/c1-44-35(42)23-46-29-17-13-27(14-18-29)33-21-31(25-9-5-3-6-10-25)37(39-33)41-38-32(26-11-7-4-8-12-26)22-34(40-38)28-15-19-30(20-16-28)47-24-36(43)45-2/h3-22,39H,23-24H2,1-2H3. The number of nitrogens with one attached hydrogen (secondary N) is 1. The van der Waals surface area contributed by atoms with Gasteiger partial charge in [0.05, 0.1) is 19.9 Å². The minimum Gasteiger partial charge on any atom is -0.482 e. The first-order chi connectivity index (χ1) is 23.0. The molecule has 0 saturated heterocycles. The summed E-state index contributed by atoms with van der Waals surface area (Å²) in [4.78, 5) is 36.6. The summed E-state index contributed by atoms with van der Waals surface area (Å²) >= 11 is 0. The van der Waals surface area contributed by atoms with Crippen molar-refractivity contribution in [3.8, 4) is 33.9 Å². The highest BCUT2D eigenvalue weighted by atomic mass is 16.6. The van der Waals surface area contributed by atoms with Crippen LogP contribution in [0.3, 0.4) is 0 Å². The molecule has 0 aliphatic carbocycles. The Bertz CT molecular complexity index is 1960. The first-order valence-electron chi connectivity index (χ1n) is 14.8. The number of carbonyl (C=O) groups excluding carboxylic acids is 2. The average molecular weight is 626 g/mol. The number of esters is 2. The number of nitrogens with zero attached hydrogens (tertiary/aromatic N) is 2. The number of ether oxygens (including phenoxy) is 4. The lowest BCUT2D eigenvalue weighted by Gasteiger charge is -2.05. The highest BCUT2D eigenvalue weighted by Crippen LogP contribution is 2.37. The van der Waals surface area contributed by atoms with Gasteiger partial charge >= 0.3 is 11.9 Å². The van der Waals surface area contributed by atoms with Crippen LogP contribution in [0.25, 0.3) is 28.0 Å². The van der Waals surface area contributed by atoms with Crippen molar-refractivity contribution in [2.24, 2.45) is 9.98 Å². The molecule has 47 heavy (non-hydrogen) atoms. The Morgan fingerprint density at radius 1 is 0.660 bits per heavy atom. The number of H-pyrrole nitrogens is 1. The van der Waals surface area contributed by atoms with Crippen LogP contribution in [0, 0.1) is 0 Å². The number of rotatable bonds is 11. The summed E-state index contributed by atoms with van der Waals surface area (Å²) < 4.78 is 20.3. The van der Waals surface area contributed by atoms with E-state index in [1.165, 1.54) is 14.2 Å². The summed E-state index contributed by atoms with van der Waals surface area (Å²) in [7, 11) is 2.65. The highest BCUT2D eigenvalue weighted by Gasteiger charge is 2.21. The van der Waals surface area contributed by atoms with Crippen molar-refractivity contribution in [2.45, 2.75) is 0 Å². The van der Waals surface area contributed by atoms with E-state index in [1.54, 1.807) is 12.1 Å². The maximum Gasteiger partial charge on any atom is 0.343 e. The summed E-state index contributed by atoms with van der Waals surface area (Å²) in [6.45, 7) is -0.327. The largest absolute Gasteiger partial charge is 0.482 e. The maximum absolute atomic E-state index is 11.5. The molecule has 0 atom stereocenters. The van der Waals surface area contributed by atoms with Gasteiger partial charge in [0.25, 0.3) is 0 Å². The molecule has 0 spiro atoms. The fourth-order valence-corrected chi connectivity index (χ4v) is 4.96. The molecule has 1 N–H and O–H groups in total. The SMILES string of the molecule is COC(=O)COc1ccc(C2=NC(=Nc3[nH]c(-c4ccc(OCC(=O)OC)cc4)cc3-c3ccccc3)C(c3ccccc3)=C2)cc1. The Balaban J connectivity index is 1.36. The molecule has 9 nitrogen and oxygen atoms in total. The third-order valence-corrected chi connectivity index (χ3v) is 7.42. The Hall–Kier alpha value is -6.22. The second-order valence-corrected chi connectivity index (χ2v) is 10.4. The Kier molecular flexibility index (Phi) is 9.34. The molecule has 5 aromatic rings. The molecule has 234 valence electrons. The zero-order valence-corrected chi connectivity index (χ0v) is 25.8. The van der Waals surface area contributed by atoms with E-state index in [1.807, 2.05) is 103 Å². The number of hydrogen-bond donors (Lipinski definition) is 1. The molecule has 9 heteroatoms. The van der Waals surface area contributed by atoms with Crippen molar-refractivity contribution >= 4 is 34.9 Å². The Morgan fingerprint density at radius 3 is 1.74 bits per heavy atom. The highest BCUT2D eigenvalue weighted by molar-refractivity contribution is 6.38. The minimum absolute atomic E-state index is 0.161. The molecule has 4 aromatic carbocycles. The van der Waals surface area contributed by atoms with Crippen LogP contribution >= 0.6 is 0 Å². The van der Waals surface area contributed by atoms with Crippen LogP contribution in [0.1, 0.15) is 11.1 Å². The number of aromatic amines is 1. The lowest BCUT2D eigenvalue weighted by atomic mass is 10.0. The molecule has 0 fully saturated rings. The van der Waals surface area contributed by atoms with Crippen LogP contribution in [0.15, 0.2) is 131 Å². The molecule has 0 bridgehead atoms. The smallest absolute Gasteiger partial charge is 0.343 e. The predicted molar refractivity (Wildman–Crippen MR) is 181 cm³/mol. The topological polar surface area (TPSA) is 112 Å². The number of aromatic nitrogens is 1. The molecule has 0 unspecified atom stereocenters. The summed E-state index contributed by atoms with van der Waals surface area (Å²) in [5.74, 6) is 1.43. The monoisotopic (exact) mass is 625 g/mol. The number of hydrogen-bond acceptors (Lipinski definition) is 7. The predicted octanol–water partition coefficient (Wildman–Crippen LogP) is 7.07. The van der Waals surface area contributed by atoms with E-state index < -0.39 is 11.9 Å². The Labute approximate surface area is 271 Å². The van der Waals surface area contributed by atoms with Crippen molar-refractivity contribution in [3.05, 3.63) is 132 Å². The normalized spacial score (nSPS) is 13.1. The van der Waals surface area contributed by atoms with E-state index in [4.69, 9.17) is 19.5 Å². The third kappa shape index (κ3) is 7.37. The fourth-order valence-electron chi connectivity index (χ4n) is 4.96. The number of carbonyl (C=O) groups is 2. The van der Waals surface area contributed by atoms with Crippen molar-refractivity contribution in [2.75, 3.05) is 27.4 Å². The fraction of sp³-hybridized carbons (Fsp3) is 0.105. The van der Waals surface area contributed by atoms with Gasteiger partial charge in [0.2, 0.25) is 0 Å². The molecule has 6 rings (SSSR count). The van der Waals surface area contributed by atoms with Gasteiger partial charge in [-0.2, -0.15) is 0 Å². The van der Waals surface area contributed by atoms with E-state index in [9.17, 15) is 9.59 Å². The number of allylic oxidation sites excluding steroid dienone is 1. The number of methoxy groups -OCH3 is 2. The lowest BCUT2D eigenvalue weighted by Crippen LogP contribution is -2.12. The quantitative estimate of drug-likeness (QED) is 0.157. The van der Waals surface area contributed by atoms with Gasteiger partial charge < -0.3 is 23.9 Å². The number of benzene rings is 4. The van der Waals surface area contributed by atoms with Gasteiger partial charge in [0.15, 0.2) is 19.0 Å². The molecule has 1 aromatic heterocycles. The first-order valence-corrected chi connectivity index (χ1v) is 14.8. The van der Waals surface area contributed by atoms with Crippen LogP contribution in [0.4, 0.5) is 5.82 Å². The molecule has 0 saturated carbocycles. The average Bonchev–Trinajstić information content (AvgIpc) is 3.75. The van der Waals surface area contributed by atoms with E-state index in [-0.39, 0.29) is 13.2 Å². The minimum atomic E-state index is -0.449. The van der Waals surface area contributed by atoms with Crippen LogP contribution < -0.4 is 9.47 Å². The first kappa shape index (κ1) is 30.8. The number of amidine groups is 1. The molecule has 0 amide bonds. The van der Waals surface area contributed by atoms with E-state index in [2.05, 4.69) is 20.5 Å². The third-order valence-electron chi connectivity index (χ3n) is 7.42. The van der Waals surface area contributed by atoms with Gasteiger partial charge in [-0.1, -0.05) is 60.7 Å². The van der Waals surface area contributed by atoms with Gasteiger partial charge in [-0.3, -0.25) is 0 Å². The van der Waals surface area contributed by atoms with Crippen LogP contribution in [-0.4, -0.2) is 55.9 Å². The zero-order valence-electron chi connectivity index (χ0n) is 25.8. The van der Waals surface area contributed by atoms with Gasteiger partial charge in [-0.05, 0) is 77.4 Å². The van der Waals surface area contributed by atoms with Gasteiger partial charge in [-0.25, -0.2) is 19.6 Å². The van der Waals surface area contributed by atoms with Crippen LogP contribution in [-0.2, 0) is 19.1 Å². The van der Waals surface area contributed by atoms with Gasteiger partial charge in [0.1, 0.15) is 17.3 Å². The zero-order chi connectivity index (χ0) is 32.6. The van der Waals surface area contributed by atoms with Crippen molar-refractivity contribution in [1.29, 1.82) is 0 Å². The molecular formula is C38H31N3O6. The van der Waals surface area contributed by atoms with Gasteiger partial charge in [-0.15, -0.1) is 0 Å². The van der Waals surface area contributed by atoms with E-state index >= 15 is 0 Å². The summed E-state index contributed by atoms with van der Waals surface area (Å²) in [5, 5.41) is 0. The lowest BCUT2D eigenvalue weighted by molar-refractivity contribution is -0.143. The summed E-state index contributed by atoms with van der Waals surface area (Å²) in [6, 6.07) is 37.0. The van der Waals surface area contributed by atoms with Gasteiger partial charge in [0, 0.05) is 22.4 Å². The molecular weight excluding hydrogens is 594 g/mol. The summed E-state index contributed by atoms with van der Waals surface area (Å²) in [6.07, 6.45) is 2.03. The molecule has 0 radical (unpaired) electrons. The molecule has 1 aliphatic heterocycles. The molecule has 1 aliphatic rings. The van der Waals surface area contributed by atoms with E-state index in [0.717, 1.165) is 44.8 Å². The number of aliphatic imine (C=N–C) groups is 2. The van der Waals surface area contributed by atoms with E-state index in [0.29, 0.717) is 23.2 Å². The second kappa shape index (κ2) is 14.3. The summed E-state index contributed by atoms with van der Waals surface area (Å²) in [5.41, 5.74) is 7.19. The van der Waals surface area contributed by atoms with Crippen molar-refractivity contribution < 1.29 is 28.5 Å². The van der Waals surface area contributed by atoms with Crippen LogP contribution in [0.2, 0.25) is 0 Å².